The Kier molecular flexibility index (Phi) is 7.89. The fraction of sp³-hybridized carbons (Fsp3) is 0.923. The van der Waals surface area contributed by atoms with Crippen LogP contribution in [0.1, 0.15) is 34.1 Å². The minimum Gasteiger partial charge on any atom is -0.393 e. The molecule has 0 spiro atoms. The first-order chi connectivity index (χ1) is 8.32. The second-order valence-electron chi connectivity index (χ2n) is 5.94. The number of rotatable bonds is 5. The van der Waals surface area contributed by atoms with Gasteiger partial charge in [-0.15, -0.1) is 12.4 Å². The van der Waals surface area contributed by atoms with Crippen molar-refractivity contribution in [2.45, 2.75) is 52.4 Å². The van der Waals surface area contributed by atoms with E-state index >= 15 is 0 Å². The van der Waals surface area contributed by atoms with Crippen LogP contribution in [0.15, 0.2) is 0 Å². The third-order valence-electron chi connectivity index (χ3n) is 3.19. The van der Waals surface area contributed by atoms with E-state index in [4.69, 9.17) is 4.74 Å². The smallest absolute Gasteiger partial charge is 0.239 e. The molecule has 1 unspecified atom stereocenters. The Balaban J connectivity index is 0.00000324. The zero-order valence-electron chi connectivity index (χ0n) is 12.2. The van der Waals surface area contributed by atoms with Crippen LogP contribution in [-0.2, 0) is 9.53 Å². The number of carbonyl (C=O) groups is 1. The van der Waals surface area contributed by atoms with Gasteiger partial charge in [0.2, 0.25) is 5.91 Å². The normalized spacial score (nSPS) is 25.3. The van der Waals surface area contributed by atoms with Gasteiger partial charge in [-0.2, -0.15) is 0 Å². The maximum Gasteiger partial charge on any atom is 0.239 e. The Morgan fingerprint density at radius 3 is 2.74 bits per heavy atom. The van der Waals surface area contributed by atoms with Crippen LogP contribution >= 0.6 is 12.4 Å². The van der Waals surface area contributed by atoms with E-state index in [0.717, 1.165) is 0 Å². The summed E-state index contributed by atoms with van der Waals surface area (Å²) < 4.78 is 5.44. The zero-order chi connectivity index (χ0) is 13.8. The van der Waals surface area contributed by atoms with Crippen molar-refractivity contribution in [2.75, 3.05) is 19.7 Å². The minimum absolute atomic E-state index is 0. The molecule has 1 fully saturated rings. The molecule has 19 heavy (non-hydrogen) atoms. The molecule has 6 heteroatoms. The molecule has 3 N–H and O–H groups in total. The lowest BCUT2D eigenvalue weighted by atomic mass is 9.87. The van der Waals surface area contributed by atoms with E-state index in [2.05, 4.69) is 10.6 Å². The molecule has 1 aliphatic rings. The summed E-state index contributed by atoms with van der Waals surface area (Å²) in [5.41, 5.74) is -0.109. The lowest BCUT2D eigenvalue weighted by Crippen LogP contribution is -2.56. The van der Waals surface area contributed by atoms with E-state index < -0.39 is 0 Å². The molecule has 0 aromatic carbocycles. The number of carbonyl (C=O) groups excluding carboxylic acids is 1. The number of hydrogen-bond donors (Lipinski definition) is 3. The van der Waals surface area contributed by atoms with E-state index in [-0.39, 0.29) is 42.0 Å². The fourth-order valence-electron chi connectivity index (χ4n) is 2.34. The molecule has 0 aliphatic carbocycles. The van der Waals surface area contributed by atoms with Crippen LogP contribution in [0.25, 0.3) is 0 Å². The lowest BCUT2D eigenvalue weighted by Gasteiger charge is -2.31. The molecule has 1 heterocycles. The molecule has 1 saturated heterocycles. The summed E-state index contributed by atoms with van der Waals surface area (Å²) in [7, 11) is 0. The first-order valence-electron chi connectivity index (χ1n) is 6.62. The number of amides is 1. The van der Waals surface area contributed by atoms with Crippen molar-refractivity contribution in [1.29, 1.82) is 0 Å². The van der Waals surface area contributed by atoms with Gasteiger partial charge in [-0.25, -0.2) is 0 Å². The van der Waals surface area contributed by atoms with E-state index in [9.17, 15) is 9.90 Å². The van der Waals surface area contributed by atoms with Crippen LogP contribution < -0.4 is 10.6 Å². The second-order valence-corrected chi connectivity index (χ2v) is 5.94. The summed E-state index contributed by atoms with van der Waals surface area (Å²) in [6, 6.07) is -0.277. The van der Waals surface area contributed by atoms with Crippen molar-refractivity contribution in [1.82, 2.24) is 10.6 Å². The van der Waals surface area contributed by atoms with Gasteiger partial charge >= 0.3 is 0 Å². The van der Waals surface area contributed by atoms with Crippen LogP contribution in [0.2, 0.25) is 0 Å². The summed E-state index contributed by atoms with van der Waals surface area (Å²) >= 11 is 0. The minimum atomic E-state index is -0.355. The second kappa shape index (κ2) is 8.04. The van der Waals surface area contributed by atoms with Gasteiger partial charge in [0.05, 0.1) is 18.8 Å². The predicted molar refractivity (Wildman–Crippen MR) is 77.5 cm³/mol. The molecule has 0 bridgehead atoms. The molecule has 114 valence electrons. The van der Waals surface area contributed by atoms with Gasteiger partial charge in [-0.05, 0) is 25.7 Å². The largest absolute Gasteiger partial charge is 0.393 e. The van der Waals surface area contributed by atoms with E-state index in [1.807, 2.05) is 20.8 Å². The van der Waals surface area contributed by atoms with Crippen LogP contribution in [0.3, 0.4) is 0 Å². The van der Waals surface area contributed by atoms with E-state index in [0.29, 0.717) is 26.1 Å². The van der Waals surface area contributed by atoms with Gasteiger partial charge in [0.25, 0.3) is 0 Å². The van der Waals surface area contributed by atoms with Gasteiger partial charge in [0.1, 0.15) is 6.04 Å². The van der Waals surface area contributed by atoms with E-state index in [1.54, 1.807) is 6.92 Å². The number of hydrogen-bond acceptors (Lipinski definition) is 4. The first kappa shape index (κ1) is 18.6. The molecule has 0 aromatic heterocycles. The molecule has 1 rings (SSSR count). The number of aliphatic hydroxyl groups is 1. The third-order valence-corrected chi connectivity index (χ3v) is 3.19. The highest BCUT2D eigenvalue weighted by molar-refractivity contribution is 5.85. The van der Waals surface area contributed by atoms with Crippen molar-refractivity contribution in [3.8, 4) is 0 Å². The number of morpholine rings is 1. The Morgan fingerprint density at radius 2 is 2.21 bits per heavy atom. The van der Waals surface area contributed by atoms with Crippen LogP contribution in [0, 0.1) is 5.41 Å². The maximum absolute atomic E-state index is 12.0. The first-order valence-corrected chi connectivity index (χ1v) is 6.62. The number of halogens is 1. The molecular weight excluding hydrogens is 268 g/mol. The Morgan fingerprint density at radius 1 is 1.58 bits per heavy atom. The van der Waals surface area contributed by atoms with E-state index in [1.165, 1.54) is 0 Å². The fourth-order valence-corrected chi connectivity index (χ4v) is 2.34. The van der Waals surface area contributed by atoms with Crippen molar-refractivity contribution in [3.05, 3.63) is 0 Å². The van der Waals surface area contributed by atoms with Crippen molar-refractivity contribution in [2.24, 2.45) is 5.41 Å². The van der Waals surface area contributed by atoms with Crippen LogP contribution in [0.4, 0.5) is 0 Å². The topological polar surface area (TPSA) is 70.6 Å². The molecule has 1 aliphatic heterocycles. The molecule has 1 amide bonds. The van der Waals surface area contributed by atoms with Crippen LogP contribution in [0.5, 0.6) is 0 Å². The van der Waals surface area contributed by atoms with Crippen molar-refractivity contribution < 1.29 is 14.6 Å². The molecule has 3 atom stereocenters. The Bertz CT molecular complexity index is 285. The monoisotopic (exact) mass is 294 g/mol. The van der Waals surface area contributed by atoms with Gasteiger partial charge in [-0.3, -0.25) is 4.79 Å². The lowest BCUT2D eigenvalue weighted by molar-refractivity contribution is -0.129. The number of nitrogens with one attached hydrogen (secondary N) is 2. The van der Waals surface area contributed by atoms with Gasteiger partial charge in [0.15, 0.2) is 0 Å². The highest BCUT2D eigenvalue weighted by Gasteiger charge is 2.29. The number of aliphatic hydroxyl groups excluding tert-OH is 1. The summed E-state index contributed by atoms with van der Waals surface area (Å²) in [5.74, 6) is -0.0270. The van der Waals surface area contributed by atoms with Crippen molar-refractivity contribution in [3.63, 3.8) is 0 Å². The average molecular weight is 295 g/mol. The molecule has 0 saturated carbocycles. The van der Waals surface area contributed by atoms with Gasteiger partial charge in [0, 0.05) is 13.1 Å². The summed E-state index contributed by atoms with van der Waals surface area (Å²) in [6.07, 6.45) is 0.211. The molecule has 0 aromatic rings. The van der Waals surface area contributed by atoms with Crippen molar-refractivity contribution >= 4 is 18.3 Å². The highest BCUT2D eigenvalue weighted by Crippen LogP contribution is 2.21. The molecular formula is C13H27ClN2O3. The number of ether oxygens (including phenoxy) is 1. The van der Waals surface area contributed by atoms with Gasteiger partial charge in [-0.1, -0.05) is 13.8 Å². The summed E-state index contributed by atoms with van der Waals surface area (Å²) in [4.78, 5) is 12.0. The zero-order valence-corrected chi connectivity index (χ0v) is 13.0. The molecule has 5 nitrogen and oxygen atoms in total. The molecule has 0 radical (unpaired) electrons. The highest BCUT2D eigenvalue weighted by atomic mass is 35.5. The maximum atomic E-state index is 12.0. The Labute approximate surface area is 121 Å². The Hall–Kier alpha value is -0.360. The van der Waals surface area contributed by atoms with Crippen LogP contribution in [-0.4, -0.2) is 49.0 Å². The van der Waals surface area contributed by atoms with Gasteiger partial charge < -0.3 is 20.5 Å². The standard InChI is InChI=1S/C13H26N2O3.ClH/c1-9(16)7-13(3,4)8-15-12(17)11-10(2)18-6-5-14-11;/h9-11,14,16H,5-8H2,1-4H3,(H,15,17);1H/t9?,10-,11+;/m1./s1. The quantitative estimate of drug-likeness (QED) is 0.698. The third kappa shape index (κ3) is 6.56. The summed E-state index contributed by atoms with van der Waals surface area (Å²) in [6.45, 7) is 9.65. The average Bonchev–Trinajstić information content (AvgIpc) is 2.25. The predicted octanol–water partition coefficient (Wildman–Crippen LogP) is 0.698. The SMILES string of the molecule is CC(O)CC(C)(C)CNC(=O)[C@H]1NCCO[C@@H]1C.Cl. The summed E-state index contributed by atoms with van der Waals surface area (Å²) in [5, 5.41) is 15.5.